The fourth-order valence-corrected chi connectivity index (χ4v) is 4.41. The third kappa shape index (κ3) is 4.34. The Morgan fingerprint density at radius 3 is 2.56 bits per heavy atom. The van der Waals surface area contributed by atoms with E-state index in [2.05, 4.69) is 0 Å². The van der Waals surface area contributed by atoms with Crippen molar-refractivity contribution in [1.82, 2.24) is 4.90 Å². The van der Waals surface area contributed by atoms with Crippen LogP contribution in [0.3, 0.4) is 0 Å². The average molecular weight is 385 g/mol. The van der Waals surface area contributed by atoms with Gasteiger partial charge in [0.2, 0.25) is 0 Å². The summed E-state index contributed by atoms with van der Waals surface area (Å²) >= 11 is 1.53. The monoisotopic (exact) mass is 385 g/mol. The first-order valence-corrected chi connectivity index (χ1v) is 9.71. The molecule has 0 aliphatic carbocycles. The van der Waals surface area contributed by atoms with Crippen molar-refractivity contribution in [2.24, 2.45) is 5.41 Å². The van der Waals surface area contributed by atoms with Crippen LogP contribution < -0.4 is 0 Å². The van der Waals surface area contributed by atoms with Gasteiger partial charge in [-0.25, -0.2) is 0 Å². The number of hydrogen-bond acceptors (Lipinski definition) is 4. The zero-order chi connectivity index (χ0) is 19.3. The molecular formula is C21H23NO4S. The fraction of sp³-hybridized carbons (Fsp3) is 0.333. The predicted octanol–water partition coefficient (Wildman–Crippen LogP) is 3.79. The maximum absolute atomic E-state index is 13.2. The highest BCUT2D eigenvalue weighted by atomic mass is 32.2. The van der Waals surface area contributed by atoms with E-state index >= 15 is 0 Å². The summed E-state index contributed by atoms with van der Waals surface area (Å²) in [5, 5.41) is 9.72. The topological polar surface area (TPSA) is 66.8 Å². The van der Waals surface area contributed by atoms with Crippen LogP contribution in [-0.4, -0.2) is 48.7 Å². The standard InChI is InChI=1S/C21H23NO4S/c1-26-15-21(20(24)25)12-7-13-22(14-21)19(23)17-10-5-6-11-18(17)27-16-8-3-2-4-9-16/h2-6,8-11H,7,12-15H2,1H3,(H,24,25). The molecule has 6 heteroatoms. The molecule has 27 heavy (non-hydrogen) atoms. The van der Waals surface area contributed by atoms with E-state index in [0.29, 0.717) is 24.9 Å². The predicted molar refractivity (Wildman–Crippen MR) is 104 cm³/mol. The molecule has 1 aliphatic rings. The third-order valence-corrected chi connectivity index (χ3v) is 5.91. The first-order chi connectivity index (χ1) is 13.1. The summed E-state index contributed by atoms with van der Waals surface area (Å²) in [6.07, 6.45) is 1.16. The molecule has 1 heterocycles. The molecule has 2 aromatic carbocycles. The van der Waals surface area contributed by atoms with Crippen molar-refractivity contribution in [3.63, 3.8) is 0 Å². The first-order valence-electron chi connectivity index (χ1n) is 8.89. The molecule has 0 bridgehead atoms. The van der Waals surface area contributed by atoms with Crippen LogP contribution in [0, 0.1) is 5.41 Å². The van der Waals surface area contributed by atoms with Crippen LogP contribution in [0.4, 0.5) is 0 Å². The molecule has 0 saturated carbocycles. The summed E-state index contributed by atoms with van der Waals surface area (Å²) in [6.45, 7) is 0.827. The number of hydrogen-bond donors (Lipinski definition) is 1. The van der Waals surface area contributed by atoms with Crippen LogP contribution >= 0.6 is 11.8 Å². The minimum Gasteiger partial charge on any atom is -0.481 e. The molecule has 142 valence electrons. The average Bonchev–Trinajstić information content (AvgIpc) is 2.69. The Balaban J connectivity index is 1.84. The number of rotatable bonds is 6. The summed E-state index contributed by atoms with van der Waals surface area (Å²) in [4.78, 5) is 28.6. The number of piperidine rings is 1. The van der Waals surface area contributed by atoms with Crippen LogP contribution in [0.1, 0.15) is 23.2 Å². The van der Waals surface area contributed by atoms with Crippen molar-refractivity contribution >= 4 is 23.6 Å². The van der Waals surface area contributed by atoms with Crippen molar-refractivity contribution in [2.45, 2.75) is 22.6 Å². The van der Waals surface area contributed by atoms with Gasteiger partial charge in [-0.15, -0.1) is 0 Å². The number of benzene rings is 2. The normalized spacial score (nSPS) is 19.7. The molecule has 1 atom stereocenters. The van der Waals surface area contributed by atoms with Crippen LogP contribution in [0.15, 0.2) is 64.4 Å². The molecular weight excluding hydrogens is 362 g/mol. The Morgan fingerprint density at radius 2 is 1.85 bits per heavy atom. The number of carbonyl (C=O) groups is 2. The molecule has 1 fully saturated rings. The van der Waals surface area contributed by atoms with Crippen molar-refractivity contribution in [3.05, 3.63) is 60.2 Å². The van der Waals surface area contributed by atoms with Gasteiger partial charge < -0.3 is 14.7 Å². The molecule has 5 nitrogen and oxygen atoms in total. The zero-order valence-corrected chi connectivity index (χ0v) is 16.1. The summed E-state index contributed by atoms with van der Waals surface area (Å²) in [7, 11) is 1.50. The highest BCUT2D eigenvalue weighted by molar-refractivity contribution is 7.99. The van der Waals surface area contributed by atoms with Crippen molar-refractivity contribution in [1.29, 1.82) is 0 Å². The highest BCUT2D eigenvalue weighted by Crippen LogP contribution is 2.34. The van der Waals surface area contributed by atoms with Gasteiger partial charge in [-0.05, 0) is 37.1 Å². The second-order valence-electron chi connectivity index (χ2n) is 6.76. The van der Waals surface area contributed by atoms with Crippen molar-refractivity contribution < 1.29 is 19.4 Å². The van der Waals surface area contributed by atoms with E-state index in [9.17, 15) is 14.7 Å². The second-order valence-corrected chi connectivity index (χ2v) is 7.88. The molecule has 1 unspecified atom stereocenters. The molecule has 1 amide bonds. The number of amides is 1. The Hall–Kier alpha value is -2.31. The number of carboxylic acid groups (broad SMARTS) is 1. The molecule has 2 aromatic rings. The smallest absolute Gasteiger partial charge is 0.313 e. The molecule has 1 N–H and O–H groups in total. The molecule has 0 radical (unpaired) electrons. The van der Waals surface area contributed by atoms with E-state index in [1.165, 1.54) is 18.9 Å². The lowest BCUT2D eigenvalue weighted by Crippen LogP contribution is -2.52. The van der Waals surface area contributed by atoms with Gasteiger partial charge in [-0.2, -0.15) is 0 Å². The maximum atomic E-state index is 13.2. The summed E-state index contributed by atoms with van der Waals surface area (Å²) in [5.41, 5.74) is -0.436. The highest BCUT2D eigenvalue weighted by Gasteiger charge is 2.44. The number of carboxylic acids is 1. The number of nitrogens with zero attached hydrogens (tertiary/aromatic N) is 1. The van der Waals surface area contributed by atoms with Gasteiger partial charge in [0.05, 0.1) is 12.2 Å². The van der Waals surface area contributed by atoms with E-state index in [-0.39, 0.29) is 19.1 Å². The van der Waals surface area contributed by atoms with Crippen LogP contribution in [0.5, 0.6) is 0 Å². The molecule has 0 aromatic heterocycles. The number of methoxy groups -OCH3 is 1. The van der Waals surface area contributed by atoms with E-state index in [1.54, 1.807) is 11.0 Å². The second kappa shape index (κ2) is 8.59. The van der Waals surface area contributed by atoms with Crippen LogP contribution in [0.25, 0.3) is 0 Å². The van der Waals surface area contributed by atoms with Crippen LogP contribution in [-0.2, 0) is 9.53 Å². The van der Waals surface area contributed by atoms with Gasteiger partial charge in [-0.1, -0.05) is 42.1 Å². The molecule has 0 spiro atoms. The van der Waals surface area contributed by atoms with E-state index in [0.717, 1.165) is 9.79 Å². The Labute approximate surface area is 163 Å². The van der Waals surface area contributed by atoms with Gasteiger partial charge in [0.15, 0.2) is 0 Å². The fourth-order valence-electron chi connectivity index (χ4n) is 3.45. The van der Waals surface area contributed by atoms with Gasteiger partial charge in [0.1, 0.15) is 5.41 Å². The number of carbonyl (C=O) groups excluding carboxylic acids is 1. The SMILES string of the molecule is COCC1(C(=O)O)CCCN(C(=O)c2ccccc2Sc2ccccc2)C1. The lowest BCUT2D eigenvalue weighted by Gasteiger charge is -2.39. The van der Waals surface area contributed by atoms with E-state index < -0.39 is 11.4 Å². The Morgan fingerprint density at radius 1 is 1.15 bits per heavy atom. The number of likely N-dealkylation sites (tertiary alicyclic amines) is 1. The maximum Gasteiger partial charge on any atom is 0.313 e. The minimum atomic E-state index is -1.04. The lowest BCUT2D eigenvalue weighted by atomic mass is 9.80. The number of aliphatic carboxylic acids is 1. The number of ether oxygens (including phenoxy) is 1. The summed E-state index contributed by atoms with van der Waals surface area (Å²) < 4.78 is 5.16. The zero-order valence-electron chi connectivity index (χ0n) is 15.3. The minimum absolute atomic E-state index is 0.104. The first kappa shape index (κ1) is 19.5. The van der Waals surface area contributed by atoms with Gasteiger partial charge in [0.25, 0.3) is 5.91 Å². The largest absolute Gasteiger partial charge is 0.481 e. The Kier molecular flexibility index (Phi) is 6.19. The molecule has 3 rings (SSSR count). The van der Waals surface area contributed by atoms with Crippen molar-refractivity contribution in [2.75, 3.05) is 26.8 Å². The summed E-state index contributed by atoms with van der Waals surface area (Å²) in [5.74, 6) is -1.04. The van der Waals surface area contributed by atoms with Gasteiger partial charge in [0, 0.05) is 30.0 Å². The summed E-state index contributed by atoms with van der Waals surface area (Å²) in [6, 6.07) is 17.4. The van der Waals surface area contributed by atoms with Crippen LogP contribution in [0.2, 0.25) is 0 Å². The van der Waals surface area contributed by atoms with E-state index in [1.807, 2.05) is 48.5 Å². The van der Waals surface area contributed by atoms with Gasteiger partial charge in [-0.3, -0.25) is 9.59 Å². The van der Waals surface area contributed by atoms with Gasteiger partial charge >= 0.3 is 5.97 Å². The lowest BCUT2D eigenvalue weighted by molar-refractivity contribution is -0.155. The van der Waals surface area contributed by atoms with E-state index in [4.69, 9.17) is 4.74 Å². The third-order valence-electron chi connectivity index (χ3n) is 4.83. The Bertz CT molecular complexity index is 807. The quantitative estimate of drug-likeness (QED) is 0.819. The van der Waals surface area contributed by atoms with Crippen molar-refractivity contribution in [3.8, 4) is 0 Å². The molecule has 1 aliphatic heterocycles. The molecule has 1 saturated heterocycles.